The molecule has 0 saturated carbocycles. The summed E-state index contributed by atoms with van der Waals surface area (Å²) in [5.74, 6) is 0.774. The highest BCUT2D eigenvalue weighted by atomic mass is 16.5. The normalized spacial score (nSPS) is 10.0. The van der Waals surface area contributed by atoms with E-state index >= 15 is 0 Å². The fourth-order valence-electron chi connectivity index (χ4n) is 1.78. The second kappa shape index (κ2) is 7.50. The van der Waals surface area contributed by atoms with Gasteiger partial charge < -0.3 is 15.4 Å². The number of benzene rings is 2. The number of ether oxygens (including phenoxy) is 1. The first-order valence-electron chi connectivity index (χ1n) is 6.60. The second-order valence-electron chi connectivity index (χ2n) is 4.36. The lowest BCUT2D eigenvalue weighted by atomic mass is 10.2. The molecular formula is C17H15N3O2. The van der Waals surface area contributed by atoms with Crippen LogP contribution in [0.2, 0.25) is 0 Å². The lowest BCUT2D eigenvalue weighted by Gasteiger charge is -2.05. The number of nitriles is 1. The third kappa shape index (κ3) is 4.12. The van der Waals surface area contributed by atoms with Gasteiger partial charge in [0.2, 0.25) is 0 Å². The van der Waals surface area contributed by atoms with Crippen LogP contribution in [0.4, 0.5) is 10.5 Å². The molecule has 0 unspecified atom stereocenters. The first-order chi connectivity index (χ1) is 10.7. The fourth-order valence-corrected chi connectivity index (χ4v) is 1.78. The van der Waals surface area contributed by atoms with Crippen LogP contribution in [0.3, 0.4) is 0 Å². The minimum absolute atomic E-state index is 0.410. The average Bonchev–Trinajstić information content (AvgIpc) is 2.56. The van der Waals surface area contributed by atoms with Gasteiger partial charge in [-0.15, -0.1) is 0 Å². The summed E-state index contributed by atoms with van der Waals surface area (Å²) >= 11 is 0. The van der Waals surface area contributed by atoms with Crippen LogP contribution in [-0.4, -0.2) is 13.1 Å². The van der Waals surface area contributed by atoms with E-state index in [0.717, 1.165) is 11.3 Å². The maximum absolute atomic E-state index is 11.8. The summed E-state index contributed by atoms with van der Waals surface area (Å²) < 4.78 is 5.07. The molecule has 0 heterocycles. The Bertz CT molecular complexity index is 715. The summed E-state index contributed by atoms with van der Waals surface area (Å²) in [6, 6.07) is 15.8. The van der Waals surface area contributed by atoms with Crippen LogP contribution in [0, 0.1) is 11.3 Å². The highest BCUT2D eigenvalue weighted by Gasteiger charge is 2.03. The SMILES string of the molecule is COc1ccc(/C=C/NC(=O)Nc2ccccc2C#N)cc1. The molecule has 0 atom stereocenters. The zero-order valence-corrected chi connectivity index (χ0v) is 12.0. The quantitative estimate of drug-likeness (QED) is 0.907. The van der Waals surface area contributed by atoms with Gasteiger partial charge >= 0.3 is 6.03 Å². The van der Waals surface area contributed by atoms with Gasteiger partial charge in [-0.05, 0) is 35.9 Å². The van der Waals surface area contributed by atoms with Crippen LogP contribution in [0.15, 0.2) is 54.7 Å². The molecule has 2 rings (SSSR count). The van der Waals surface area contributed by atoms with E-state index in [1.54, 1.807) is 37.5 Å². The number of para-hydroxylation sites is 1. The Kier molecular flexibility index (Phi) is 5.16. The van der Waals surface area contributed by atoms with Crippen molar-refractivity contribution in [1.82, 2.24) is 5.32 Å². The lowest BCUT2D eigenvalue weighted by molar-refractivity contribution is 0.255. The smallest absolute Gasteiger partial charge is 0.323 e. The highest BCUT2D eigenvalue weighted by Crippen LogP contribution is 2.13. The van der Waals surface area contributed by atoms with Crippen molar-refractivity contribution in [2.24, 2.45) is 0 Å². The number of urea groups is 1. The van der Waals surface area contributed by atoms with Crippen LogP contribution in [0.1, 0.15) is 11.1 Å². The van der Waals surface area contributed by atoms with Crippen LogP contribution in [-0.2, 0) is 0 Å². The van der Waals surface area contributed by atoms with Crippen molar-refractivity contribution in [1.29, 1.82) is 5.26 Å². The maximum atomic E-state index is 11.8. The second-order valence-corrected chi connectivity index (χ2v) is 4.36. The van der Waals surface area contributed by atoms with Crippen molar-refractivity contribution in [2.45, 2.75) is 0 Å². The summed E-state index contributed by atoms with van der Waals surface area (Å²) in [4.78, 5) is 11.8. The first-order valence-corrected chi connectivity index (χ1v) is 6.60. The van der Waals surface area contributed by atoms with Crippen molar-refractivity contribution in [2.75, 3.05) is 12.4 Å². The molecule has 0 spiro atoms. The van der Waals surface area contributed by atoms with Gasteiger partial charge in [0.25, 0.3) is 0 Å². The van der Waals surface area contributed by atoms with Crippen molar-refractivity contribution in [3.05, 3.63) is 65.9 Å². The molecule has 2 amide bonds. The largest absolute Gasteiger partial charge is 0.497 e. The van der Waals surface area contributed by atoms with Gasteiger partial charge in [0.1, 0.15) is 11.8 Å². The maximum Gasteiger partial charge on any atom is 0.323 e. The van der Waals surface area contributed by atoms with Gasteiger partial charge in [-0.3, -0.25) is 0 Å². The summed E-state index contributed by atoms with van der Waals surface area (Å²) in [7, 11) is 1.61. The first kappa shape index (κ1) is 15.1. The van der Waals surface area contributed by atoms with Gasteiger partial charge in [0.15, 0.2) is 0 Å². The average molecular weight is 293 g/mol. The molecular weight excluding hydrogens is 278 g/mol. The Morgan fingerprint density at radius 3 is 2.59 bits per heavy atom. The third-order valence-electron chi connectivity index (χ3n) is 2.90. The molecule has 0 bridgehead atoms. The number of nitrogens with zero attached hydrogens (tertiary/aromatic N) is 1. The van der Waals surface area contributed by atoms with Gasteiger partial charge in [-0.2, -0.15) is 5.26 Å². The Morgan fingerprint density at radius 1 is 1.18 bits per heavy atom. The van der Waals surface area contributed by atoms with E-state index in [1.807, 2.05) is 30.3 Å². The van der Waals surface area contributed by atoms with Crippen molar-refractivity contribution >= 4 is 17.8 Å². The summed E-state index contributed by atoms with van der Waals surface area (Å²) in [6.07, 6.45) is 3.29. The van der Waals surface area contributed by atoms with E-state index < -0.39 is 6.03 Å². The van der Waals surface area contributed by atoms with Crippen LogP contribution in [0.5, 0.6) is 5.75 Å². The van der Waals surface area contributed by atoms with E-state index in [4.69, 9.17) is 10.00 Å². The molecule has 22 heavy (non-hydrogen) atoms. The molecule has 5 heteroatoms. The summed E-state index contributed by atoms with van der Waals surface area (Å²) in [5, 5.41) is 14.2. The summed E-state index contributed by atoms with van der Waals surface area (Å²) in [5.41, 5.74) is 1.82. The molecule has 0 aromatic heterocycles. The van der Waals surface area contributed by atoms with E-state index in [0.29, 0.717) is 11.3 Å². The number of nitrogens with one attached hydrogen (secondary N) is 2. The van der Waals surface area contributed by atoms with Gasteiger partial charge in [-0.25, -0.2) is 4.79 Å². The molecule has 0 aliphatic heterocycles. The zero-order chi connectivity index (χ0) is 15.8. The molecule has 5 nitrogen and oxygen atoms in total. The van der Waals surface area contributed by atoms with E-state index in [9.17, 15) is 4.79 Å². The van der Waals surface area contributed by atoms with E-state index in [1.165, 1.54) is 6.20 Å². The van der Waals surface area contributed by atoms with E-state index in [-0.39, 0.29) is 0 Å². The topological polar surface area (TPSA) is 74.2 Å². The van der Waals surface area contributed by atoms with Crippen molar-refractivity contribution in [3.8, 4) is 11.8 Å². The van der Waals surface area contributed by atoms with E-state index in [2.05, 4.69) is 10.6 Å². The predicted octanol–water partition coefficient (Wildman–Crippen LogP) is 3.36. The Morgan fingerprint density at radius 2 is 1.91 bits per heavy atom. The van der Waals surface area contributed by atoms with Crippen LogP contribution in [0.25, 0.3) is 6.08 Å². The summed E-state index contributed by atoms with van der Waals surface area (Å²) in [6.45, 7) is 0. The minimum atomic E-state index is -0.410. The number of rotatable bonds is 4. The molecule has 0 aliphatic rings. The molecule has 2 aromatic rings. The van der Waals surface area contributed by atoms with Gasteiger partial charge in [0, 0.05) is 6.20 Å². The van der Waals surface area contributed by atoms with Gasteiger partial charge in [-0.1, -0.05) is 24.3 Å². The number of carbonyl (C=O) groups is 1. The molecule has 0 aliphatic carbocycles. The van der Waals surface area contributed by atoms with Crippen molar-refractivity contribution < 1.29 is 9.53 Å². The molecule has 110 valence electrons. The molecule has 0 radical (unpaired) electrons. The Labute approximate surface area is 128 Å². The number of hydrogen-bond acceptors (Lipinski definition) is 3. The fraction of sp³-hybridized carbons (Fsp3) is 0.0588. The molecule has 2 N–H and O–H groups in total. The zero-order valence-electron chi connectivity index (χ0n) is 12.0. The third-order valence-corrected chi connectivity index (χ3v) is 2.90. The van der Waals surface area contributed by atoms with Crippen LogP contribution >= 0.6 is 0 Å². The predicted molar refractivity (Wildman–Crippen MR) is 85.3 cm³/mol. The number of hydrogen-bond donors (Lipinski definition) is 2. The number of carbonyl (C=O) groups excluding carboxylic acids is 1. The van der Waals surface area contributed by atoms with Gasteiger partial charge in [0.05, 0.1) is 18.4 Å². The molecule has 0 fully saturated rings. The minimum Gasteiger partial charge on any atom is -0.497 e. The lowest BCUT2D eigenvalue weighted by Crippen LogP contribution is -2.24. The number of methoxy groups -OCH3 is 1. The van der Waals surface area contributed by atoms with Crippen LogP contribution < -0.4 is 15.4 Å². The Balaban J connectivity index is 1.92. The standard InChI is InChI=1S/C17H15N3O2/c1-22-15-8-6-13(7-9-15)10-11-19-17(21)20-16-5-3-2-4-14(16)12-18/h2-11H,1H3,(H2,19,20,21)/b11-10+. The highest BCUT2D eigenvalue weighted by molar-refractivity contribution is 5.91. The number of amides is 2. The Hall–Kier alpha value is -3.26. The monoisotopic (exact) mass is 293 g/mol. The molecule has 0 saturated heterocycles. The molecule has 2 aromatic carbocycles. The van der Waals surface area contributed by atoms with Crippen molar-refractivity contribution in [3.63, 3.8) is 0 Å². The number of anilines is 1.